The summed E-state index contributed by atoms with van der Waals surface area (Å²) in [5, 5.41) is 0.500. The first-order valence-corrected chi connectivity index (χ1v) is 15.1. The van der Waals surface area contributed by atoms with Gasteiger partial charge in [0.25, 0.3) is 0 Å². The van der Waals surface area contributed by atoms with E-state index in [0.29, 0.717) is 24.8 Å². The summed E-state index contributed by atoms with van der Waals surface area (Å²) in [6.07, 6.45) is -2.96. The maximum Gasteiger partial charge on any atom is 0.186 e. The Hall–Kier alpha value is -2.95. The van der Waals surface area contributed by atoms with E-state index in [1.807, 2.05) is 78.9 Å². The summed E-state index contributed by atoms with van der Waals surface area (Å²) in [7, 11) is 1.60. The molecule has 4 aromatic carbocycles. The standard InChI is InChI=1S/C35H32BrClO6/c1-38-35-34(42-23-28-14-8-9-15-30(28)36)33(41-22-26-12-6-3-7-13-26)32(40-21-25-10-4-2-5-11-25)31(43-35)24-39-20-27-16-18-29(37)19-17-27/h2-7,10-16,18,31-35H,20-24H2,1H3. The monoisotopic (exact) mass is 662 g/mol. The highest BCUT2D eigenvalue weighted by Crippen LogP contribution is 2.31. The second-order valence-electron chi connectivity index (χ2n) is 10.00. The zero-order valence-electron chi connectivity index (χ0n) is 23.7. The lowest BCUT2D eigenvalue weighted by Crippen LogP contribution is -2.61. The molecule has 0 bridgehead atoms. The van der Waals surface area contributed by atoms with Crippen molar-refractivity contribution < 1.29 is 28.4 Å². The summed E-state index contributed by atoms with van der Waals surface area (Å²) in [5.74, 6) is 0. The molecule has 0 amide bonds. The highest BCUT2D eigenvalue weighted by Gasteiger charge is 2.48. The second kappa shape index (κ2) is 16.2. The highest BCUT2D eigenvalue weighted by molar-refractivity contribution is 9.10. The Labute approximate surface area is 266 Å². The Bertz CT molecular complexity index is 1370. The van der Waals surface area contributed by atoms with E-state index < -0.39 is 30.7 Å². The lowest BCUT2D eigenvalue weighted by Gasteiger charge is -2.45. The van der Waals surface area contributed by atoms with E-state index >= 15 is 0 Å². The Morgan fingerprint density at radius 2 is 1.40 bits per heavy atom. The minimum Gasteiger partial charge on any atom is -0.373 e. The fourth-order valence-corrected chi connectivity index (χ4v) is 5.21. The van der Waals surface area contributed by atoms with Gasteiger partial charge in [-0.2, -0.15) is 0 Å². The summed E-state index contributed by atoms with van der Waals surface area (Å²) < 4.78 is 39.0. The van der Waals surface area contributed by atoms with Gasteiger partial charge in [0.2, 0.25) is 0 Å². The minimum atomic E-state index is -0.737. The molecule has 0 radical (unpaired) electrons. The molecule has 1 saturated heterocycles. The zero-order chi connectivity index (χ0) is 29.9. The molecule has 5 unspecified atom stereocenters. The van der Waals surface area contributed by atoms with Crippen LogP contribution in [-0.4, -0.2) is 44.4 Å². The smallest absolute Gasteiger partial charge is 0.186 e. The molecule has 6 nitrogen and oxygen atoms in total. The van der Waals surface area contributed by atoms with E-state index in [1.54, 1.807) is 13.2 Å². The quantitative estimate of drug-likeness (QED) is 0.146. The van der Waals surface area contributed by atoms with Gasteiger partial charge in [0.1, 0.15) is 24.4 Å². The molecular formula is C35H32BrClO6. The van der Waals surface area contributed by atoms with Crippen molar-refractivity contribution in [2.45, 2.75) is 57.1 Å². The van der Waals surface area contributed by atoms with Crippen molar-refractivity contribution in [2.24, 2.45) is 0 Å². The van der Waals surface area contributed by atoms with Crippen LogP contribution in [0.15, 0.2) is 89.4 Å². The minimum absolute atomic E-state index is 0.225. The molecular weight excluding hydrogens is 632 g/mol. The molecule has 222 valence electrons. The third kappa shape index (κ3) is 9.03. The van der Waals surface area contributed by atoms with Crippen molar-refractivity contribution in [3.63, 3.8) is 0 Å². The van der Waals surface area contributed by atoms with Gasteiger partial charge in [-0.05, 0) is 51.3 Å². The molecule has 0 aromatic heterocycles. The summed E-state index contributed by atoms with van der Waals surface area (Å²) >= 11 is 9.55. The first-order chi connectivity index (χ1) is 21.1. The maximum absolute atomic E-state index is 6.62. The van der Waals surface area contributed by atoms with Crippen LogP contribution in [0.1, 0.15) is 22.3 Å². The molecule has 0 aliphatic carbocycles. The average Bonchev–Trinajstić information content (AvgIpc) is 3.04. The van der Waals surface area contributed by atoms with Gasteiger partial charge in [-0.25, -0.2) is 0 Å². The van der Waals surface area contributed by atoms with Gasteiger partial charge in [0.05, 0.1) is 38.1 Å². The average molecular weight is 664 g/mol. The Kier molecular flexibility index (Phi) is 11.9. The Morgan fingerprint density at radius 1 is 0.744 bits per heavy atom. The van der Waals surface area contributed by atoms with Gasteiger partial charge in [-0.1, -0.05) is 90.5 Å². The zero-order valence-corrected chi connectivity index (χ0v) is 26.1. The lowest BCUT2D eigenvalue weighted by molar-refractivity contribution is -0.323. The maximum atomic E-state index is 6.62. The predicted octanol–water partition coefficient (Wildman–Crippen LogP) is 6.95. The molecule has 0 N–H and O–H groups in total. The van der Waals surface area contributed by atoms with Gasteiger partial charge in [0, 0.05) is 28.8 Å². The van der Waals surface area contributed by atoms with Crippen LogP contribution in [0.4, 0.5) is 0 Å². The van der Waals surface area contributed by atoms with Crippen LogP contribution in [0.2, 0.25) is 5.02 Å². The van der Waals surface area contributed by atoms with Gasteiger partial charge in [0.15, 0.2) is 6.29 Å². The summed E-state index contributed by atoms with van der Waals surface area (Å²) in [5.41, 5.74) is 3.80. The van der Waals surface area contributed by atoms with Gasteiger partial charge in [-0.3, -0.25) is 0 Å². The van der Waals surface area contributed by atoms with E-state index in [2.05, 4.69) is 40.2 Å². The van der Waals surface area contributed by atoms with Gasteiger partial charge >= 0.3 is 0 Å². The molecule has 1 aliphatic rings. The largest absolute Gasteiger partial charge is 0.373 e. The summed E-state index contributed by atoms with van der Waals surface area (Å²) in [4.78, 5) is 0. The number of hydrogen-bond acceptors (Lipinski definition) is 6. The fourth-order valence-electron chi connectivity index (χ4n) is 4.76. The van der Waals surface area contributed by atoms with Crippen molar-refractivity contribution in [3.8, 4) is 0 Å². The molecule has 1 fully saturated rings. The van der Waals surface area contributed by atoms with E-state index in [4.69, 9.17) is 40.0 Å². The first kappa shape index (κ1) is 31.5. The molecule has 5 atom stereocenters. The molecule has 0 saturated carbocycles. The van der Waals surface area contributed by atoms with E-state index in [0.717, 1.165) is 26.7 Å². The molecule has 1 heterocycles. The number of benzene rings is 2. The third-order valence-electron chi connectivity index (χ3n) is 6.97. The van der Waals surface area contributed by atoms with Gasteiger partial charge < -0.3 is 28.4 Å². The number of ether oxygens (including phenoxy) is 6. The number of rotatable bonds is 14. The third-order valence-corrected chi connectivity index (χ3v) is 7.93. The van der Waals surface area contributed by atoms with Crippen LogP contribution in [0, 0.1) is 24.3 Å². The van der Waals surface area contributed by atoms with Crippen molar-refractivity contribution in [3.05, 3.63) is 141 Å². The lowest BCUT2D eigenvalue weighted by atomic mass is 9.97. The molecule has 5 rings (SSSR count). The van der Waals surface area contributed by atoms with Crippen molar-refractivity contribution in [2.75, 3.05) is 13.7 Å². The molecule has 4 aromatic rings. The van der Waals surface area contributed by atoms with Crippen LogP contribution in [0.5, 0.6) is 0 Å². The van der Waals surface area contributed by atoms with Crippen molar-refractivity contribution >= 4 is 27.5 Å². The highest BCUT2D eigenvalue weighted by atomic mass is 79.9. The fraction of sp³-hybridized carbons (Fsp3) is 0.314. The first-order valence-electron chi connectivity index (χ1n) is 13.9. The summed E-state index contributed by atoms with van der Waals surface area (Å²) in [6.45, 7) is 1.52. The molecule has 43 heavy (non-hydrogen) atoms. The Balaban J connectivity index is 1.39. The Morgan fingerprint density at radius 3 is 2.02 bits per heavy atom. The van der Waals surface area contributed by atoms with Crippen LogP contribution < -0.4 is 0 Å². The normalized spacial score (nSPS) is 21.6. The molecule has 1 aliphatic heterocycles. The van der Waals surface area contributed by atoms with Crippen molar-refractivity contribution in [1.29, 1.82) is 0 Å². The van der Waals surface area contributed by atoms with Crippen LogP contribution in [-0.2, 0) is 54.8 Å². The van der Waals surface area contributed by atoms with Gasteiger partial charge in [-0.15, -0.1) is 0 Å². The number of hydrogen-bond donors (Lipinski definition) is 0. The van der Waals surface area contributed by atoms with Crippen LogP contribution in [0.3, 0.4) is 0 Å². The number of methoxy groups -OCH3 is 1. The number of halogens is 2. The van der Waals surface area contributed by atoms with E-state index in [-0.39, 0.29) is 13.2 Å². The van der Waals surface area contributed by atoms with Crippen LogP contribution in [0.25, 0.3) is 0 Å². The molecule has 8 heteroatoms. The summed E-state index contributed by atoms with van der Waals surface area (Å²) in [6, 6.07) is 39.1. The van der Waals surface area contributed by atoms with E-state index in [9.17, 15) is 0 Å². The van der Waals surface area contributed by atoms with E-state index in [1.165, 1.54) is 0 Å². The SMILES string of the molecule is COC1OC(COCc2c#cc(Cl)cc2)C(OCc2ccccc2)C(OCc2ccccc2)C1OCc1cc#ccc1Br. The van der Waals surface area contributed by atoms with Crippen molar-refractivity contribution in [1.82, 2.24) is 0 Å². The topological polar surface area (TPSA) is 55.4 Å². The predicted molar refractivity (Wildman–Crippen MR) is 165 cm³/mol. The second-order valence-corrected chi connectivity index (χ2v) is 11.3. The molecule has 0 spiro atoms. The van der Waals surface area contributed by atoms with Crippen LogP contribution >= 0.6 is 27.5 Å².